The molecule has 0 aliphatic carbocycles. The van der Waals surface area contributed by atoms with E-state index in [4.69, 9.17) is 10.5 Å². The lowest BCUT2D eigenvalue weighted by Gasteiger charge is -2.28. The van der Waals surface area contributed by atoms with Gasteiger partial charge in [0.15, 0.2) is 0 Å². The number of nitrogens with zero attached hydrogens (tertiary/aromatic N) is 1. The van der Waals surface area contributed by atoms with Crippen molar-refractivity contribution in [3.8, 4) is 12.0 Å². The van der Waals surface area contributed by atoms with Crippen LogP contribution in [-0.4, -0.2) is 37.7 Å². The van der Waals surface area contributed by atoms with Gasteiger partial charge in [-0.25, -0.2) is 0 Å². The molecule has 0 aromatic carbocycles. The summed E-state index contributed by atoms with van der Waals surface area (Å²) in [4.78, 5) is 2.14. The van der Waals surface area contributed by atoms with Crippen LogP contribution in [0, 0.1) is 12.0 Å². The van der Waals surface area contributed by atoms with Gasteiger partial charge in [0.05, 0.1) is 19.3 Å². The summed E-state index contributed by atoms with van der Waals surface area (Å²) in [5, 5.41) is 0. The molecule has 1 heterocycles. The molecule has 3 nitrogen and oxygen atoms in total. The Morgan fingerprint density at radius 3 is 3.10 bits per heavy atom. The van der Waals surface area contributed by atoms with E-state index in [1.807, 2.05) is 7.05 Å². The molecule has 0 aromatic rings. The fourth-order valence-corrected chi connectivity index (χ4v) is 0.935. The molecule has 0 saturated carbocycles. The largest absolute Gasteiger partial charge is 0.377 e. The Morgan fingerprint density at radius 2 is 2.50 bits per heavy atom. The first-order valence-electron chi connectivity index (χ1n) is 3.33. The zero-order valence-electron chi connectivity index (χ0n) is 6.13. The first-order chi connectivity index (χ1) is 4.84. The van der Waals surface area contributed by atoms with Crippen LogP contribution >= 0.6 is 0 Å². The summed E-state index contributed by atoms with van der Waals surface area (Å²) in [7, 11) is 2.03. The molecule has 0 amide bonds. The van der Waals surface area contributed by atoms with Gasteiger partial charge in [-0.05, 0) is 7.05 Å². The summed E-state index contributed by atoms with van der Waals surface area (Å²) in [5.41, 5.74) is 5.08. The van der Waals surface area contributed by atoms with E-state index < -0.39 is 0 Å². The average Bonchev–Trinajstić information content (AvgIpc) is 1.94. The molecule has 1 fully saturated rings. The van der Waals surface area contributed by atoms with E-state index in [0.29, 0.717) is 6.61 Å². The lowest BCUT2D eigenvalue weighted by Crippen LogP contribution is -2.41. The van der Waals surface area contributed by atoms with Crippen molar-refractivity contribution in [2.45, 2.75) is 6.04 Å². The van der Waals surface area contributed by atoms with E-state index in [-0.39, 0.29) is 6.04 Å². The van der Waals surface area contributed by atoms with Crippen molar-refractivity contribution in [3.05, 3.63) is 0 Å². The molecule has 1 rings (SSSR count). The van der Waals surface area contributed by atoms with Crippen molar-refractivity contribution in [3.63, 3.8) is 0 Å². The number of rotatable bonds is 0. The molecule has 1 aliphatic heterocycles. The molecule has 1 saturated heterocycles. The maximum absolute atomic E-state index is 5.21. The second-order valence-corrected chi connectivity index (χ2v) is 2.36. The van der Waals surface area contributed by atoms with Gasteiger partial charge in [0, 0.05) is 12.6 Å². The number of hydrogen-bond donors (Lipinski definition) is 1. The van der Waals surface area contributed by atoms with Crippen molar-refractivity contribution in [1.82, 2.24) is 4.90 Å². The third-order valence-electron chi connectivity index (χ3n) is 1.65. The summed E-state index contributed by atoms with van der Waals surface area (Å²) in [5.74, 6) is 2.86. The monoisotopic (exact) mass is 140 g/mol. The standard InChI is InChI=1S/C7H12N2O/c1-9-4-5-10-6-7(9)2-3-8/h7H,4-6,8H2,1H3. The number of hydrogen-bond acceptors (Lipinski definition) is 3. The van der Waals surface area contributed by atoms with Crippen molar-refractivity contribution >= 4 is 0 Å². The van der Waals surface area contributed by atoms with Crippen molar-refractivity contribution < 1.29 is 4.74 Å². The van der Waals surface area contributed by atoms with Crippen molar-refractivity contribution in [1.29, 1.82) is 0 Å². The number of ether oxygens (including phenoxy) is 1. The fourth-order valence-electron chi connectivity index (χ4n) is 0.935. The third-order valence-corrected chi connectivity index (χ3v) is 1.65. The topological polar surface area (TPSA) is 38.5 Å². The van der Waals surface area contributed by atoms with Gasteiger partial charge < -0.3 is 10.5 Å². The Hall–Kier alpha value is -0.720. The smallest absolute Gasteiger partial charge is 0.0968 e. The lowest BCUT2D eigenvalue weighted by atomic mass is 10.2. The Morgan fingerprint density at radius 1 is 1.70 bits per heavy atom. The molecule has 2 N–H and O–H groups in total. The average molecular weight is 140 g/mol. The minimum Gasteiger partial charge on any atom is -0.377 e. The Balaban J connectivity index is 2.45. The summed E-state index contributed by atoms with van der Waals surface area (Å²) in [6, 6.07) is 2.59. The first-order valence-corrected chi connectivity index (χ1v) is 3.33. The minimum absolute atomic E-state index is 0.193. The number of likely N-dealkylation sites (N-methyl/N-ethyl adjacent to an activating group) is 1. The van der Waals surface area contributed by atoms with E-state index >= 15 is 0 Å². The number of nitrogens with two attached hydrogens (primary N) is 1. The highest BCUT2D eigenvalue weighted by atomic mass is 16.5. The number of morpholine rings is 1. The molecule has 10 heavy (non-hydrogen) atoms. The zero-order chi connectivity index (χ0) is 7.40. The predicted octanol–water partition coefficient (Wildman–Crippen LogP) is -0.763. The Bertz CT molecular complexity index is 159. The molecule has 0 spiro atoms. The van der Waals surface area contributed by atoms with Crippen LogP contribution in [0.2, 0.25) is 0 Å². The van der Waals surface area contributed by atoms with Gasteiger partial charge in [-0.15, -0.1) is 0 Å². The molecule has 56 valence electrons. The quantitative estimate of drug-likeness (QED) is 0.355. The highest BCUT2D eigenvalue weighted by molar-refractivity contribution is 5.05. The predicted molar refractivity (Wildman–Crippen MR) is 39.2 cm³/mol. The summed E-state index contributed by atoms with van der Waals surface area (Å²) >= 11 is 0. The van der Waals surface area contributed by atoms with E-state index in [0.717, 1.165) is 13.2 Å². The van der Waals surface area contributed by atoms with Crippen LogP contribution in [0.4, 0.5) is 0 Å². The van der Waals surface area contributed by atoms with E-state index in [1.165, 1.54) is 0 Å². The second kappa shape index (κ2) is 3.45. The van der Waals surface area contributed by atoms with Crippen LogP contribution < -0.4 is 5.73 Å². The van der Waals surface area contributed by atoms with Gasteiger partial charge in [-0.2, -0.15) is 0 Å². The summed E-state index contributed by atoms with van der Waals surface area (Å²) < 4.78 is 5.21. The van der Waals surface area contributed by atoms with Crippen molar-refractivity contribution in [2.75, 3.05) is 26.8 Å². The molecule has 0 aromatic heterocycles. The van der Waals surface area contributed by atoms with Crippen LogP contribution in [0.15, 0.2) is 0 Å². The fraction of sp³-hybridized carbons (Fsp3) is 0.714. The maximum Gasteiger partial charge on any atom is 0.0968 e. The van der Waals surface area contributed by atoms with Crippen LogP contribution in [0.1, 0.15) is 0 Å². The minimum atomic E-state index is 0.193. The van der Waals surface area contributed by atoms with Gasteiger partial charge in [-0.1, -0.05) is 5.92 Å². The van der Waals surface area contributed by atoms with Gasteiger partial charge >= 0.3 is 0 Å². The van der Waals surface area contributed by atoms with Gasteiger partial charge in [-0.3, -0.25) is 4.90 Å². The molecular formula is C7H12N2O. The van der Waals surface area contributed by atoms with Crippen LogP contribution in [-0.2, 0) is 4.74 Å². The van der Waals surface area contributed by atoms with Gasteiger partial charge in [0.2, 0.25) is 0 Å². The summed E-state index contributed by atoms with van der Waals surface area (Å²) in [6.45, 7) is 2.43. The molecule has 3 heteroatoms. The van der Waals surface area contributed by atoms with E-state index in [2.05, 4.69) is 16.9 Å². The van der Waals surface area contributed by atoms with Gasteiger partial charge in [0.1, 0.15) is 0 Å². The molecule has 0 radical (unpaired) electrons. The normalized spacial score (nSPS) is 27.1. The highest BCUT2D eigenvalue weighted by Crippen LogP contribution is 2.01. The highest BCUT2D eigenvalue weighted by Gasteiger charge is 2.16. The maximum atomic E-state index is 5.21. The molecule has 0 bridgehead atoms. The van der Waals surface area contributed by atoms with Crippen LogP contribution in [0.25, 0.3) is 0 Å². The Kier molecular flexibility index (Phi) is 2.55. The lowest BCUT2D eigenvalue weighted by molar-refractivity contribution is 0.0267. The van der Waals surface area contributed by atoms with E-state index in [9.17, 15) is 0 Å². The summed E-state index contributed by atoms with van der Waals surface area (Å²) in [6.07, 6.45) is 0. The second-order valence-electron chi connectivity index (χ2n) is 2.36. The van der Waals surface area contributed by atoms with Crippen molar-refractivity contribution in [2.24, 2.45) is 5.73 Å². The zero-order valence-corrected chi connectivity index (χ0v) is 6.13. The first kappa shape index (κ1) is 7.39. The third kappa shape index (κ3) is 1.63. The van der Waals surface area contributed by atoms with E-state index in [1.54, 1.807) is 0 Å². The molecule has 1 aliphatic rings. The SMILES string of the molecule is CN1CCOCC1C#CN. The van der Waals surface area contributed by atoms with Crippen LogP contribution in [0.5, 0.6) is 0 Å². The molecule has 1 atom stereocenters. The molecular weight excluding hydrogens is 128 g/mol. The Labute approximate surface area is 61.1 Å². The molecule has 1 unspecified atom stereocenters. The van der Waals surface area contributed by atoms with Crippen LogP contribution in [0.3, 0.4) is 0 Å². The van der Waals surface area contributed by atoms with Gasteiger partial charge in [0.25, 0.3) is 0 Å².